The highest BCUT2D eigenvalue weighted by atomic mass is 127. The van der Waals surface area contributed by atoms with E-state index in [0.717, 1.165) is 0 Å². The summed E-state index contributed by atoms with van der Waals surface area (Å²) in [7, 11) is 0. The summed E-state index contributed by atoms with van der Waals surface area (Å²) in [4.78, 5) is 14.2. The van der Waals surface area contributed by atoms with Crippen LogP contribution in [-0.2, 0) is 23.7 Å². The minimum Gasteiger partial charge on any atom is -0.379 e. The van der Waals surface area contributed by atoms with E-state index in [9.17, 15) is 4.79 Å². The number of ether oxygens (including phenoxy) is 4. The lowest BCUT2D eigenvalue weighted by molar-refractivity contribution is -0.122. The molecule has 1 amide bonds. The van der Waals surface area contributed by atoms with Crippen LogP contribution in [0.25, 0.3) is 10.4 Å². The van der Waals surface area contributed by atoms with Crippen molar-refractivity contribution >= 4 is 28.5 Å². The van der Waals surface area contributed by atoms with Gasteiger partial charge < -0.3 is 24.3 Å². The molecule has 0 unspecified atom stereocenters. The highest BCUT2D eigenvalue weighted by Gasteiger charge is 2.13. The van der Waals surface area contributed by atoms with Crippen LogP contribution < -0.4 is 5.32 Å². The fourth-order valence-corrected chi connectivity index (χ4v) is 1.66. The van der Waals surface area contributed by atoms with Crippen molar-refractivity contribution in [3.05, 3.63) is 10.4 Å². The minimum absolute atomic E-state index is 0.000653. The maximum absolute atomic E-state index is 11.6. The number of carbonyl (C=O) groups excluding carboxylic acids is 1. The van der Waals surface area contributed by atoms with Crippen molar-refractivity contribution in [2.45, 2.75) is 23.7 Å². The molecule has 0 spiro atoms. The zero-order valence-electron chi connectivity index (χ0n) is 15.0. The normalized spacial score (nSPS) is 11.2. The van der Waals surface area contributed by atoms with Crippen LogP contribution in [0, 0.1) is 0 Å². The molecule has 0 fully saturated rings. The number of nitrogens with one attached hydrogen (secondary N) is 1. The Morgan fingerprint density at radius 2 is 1.48 bits per heavy atom. The lowest BCUT2D eigenvalue weighted by atomic mass is 10.2. The van der Waals surface area contributed by atoms with Gasteiger partial charge in [-0.2, -0.15) is 0 Å². The van der Waals surface area contributed by atoms with Gasteiger partial charge in [0, 0.05) is 27.8 Å². The van der Waals surface area contributed by atoms with Crippen LogP contribution in [0.1, 0.15) is 20.3 Å². The second kappa shape index (κ2) is 16.8. The molecule has 0 aromatic rings. The summed E-state index contributed by atoms with van der Waals surface area (Å²) in [5.41, 5.74) is 8.07. The second-order valence-electron chi connectivity index (χ2n) is 5.65. The van der Waals surface area contributed by atoms with E-state index in [0.29, 0.717) is 72.4 Å². The average molecular weight is 472 g/mol. The molecule has 0 radical (unpaired) electrons. The predicted octanol–water partition coefficient (Wildman–Crippen LogP) is 2.08. The molecule has 0 bridgehead atoms. The maximum Gasteiger partial charge on any atom is 0.222 e. The summed E-state index contributed by atoms with van der Waals surface area (Å²) in [6.07, 6.45) is 0.357. The number of halogens is 1. The quantitative estimate of drug-likeness (QED) is 0.0870. The Morgan fingerprint density at radius 3 is 1.96 bits per heavy atom. The fraction of sp³-hybridized carbons (Fsp3) is 0.933. The second-order valence-corrected chi connectivity index (χ2v) is 8.57. The summed E-state index contributed by atoms with van der Waals surface area (Å²) in [6.45, 7) is 8.69. The number of rotatable bonds is 17. The van der Waals surface area contributed by atoms with E-state index < -0.39 is 0 Å². The molecule has 0 aromatic carbocycles. The van der Waals surface area contributed by atoms with E-state index in [1.54, 1.807) is 0 Å². The molecule has 25 heavy (non-hydrogen) atoms. The summed E-state index contributed by atoms with van der Waals surface area (Å²) < 4.78 is 21.2. The molecule has 0 aromatic heterocycles. The monoisotopic (exact) mass is 472 g/mol. The first-order valence-corrected chi connectivity index (χ1v) is 9.31. The van der Waals surface area contributed by atoms with Gasteiger partial charge in [-0.25, -0.2) is 0 Å². The van der Waals surface area contributed by atoms with Crippen LogP contribution in [0.5, 0.6) is 0 Å². The highest BCUT2D eigenvalue weighted by molar-refractivity contribution is 14.1. The zero-order valence-corrected chi connectivity index (χ0v) is 17.2. The Morgan fingerprint density at radius 1 is 1.00 bits per heavy atom. The zero-order chi connectivity index (χ0) is 18.8. The third kappa shape index (κ3) is 21.3. The minimum atomic E-state index is 0.000653. The van der Waals surface area contributed by atoms with Gasteiger partial charge in [-0.1, -0.05) is 27.7 Å². The molecule has 146 valence electrons. The highest BCUT2D eigenvalue weighted by Crippen LogP contribution is 2.14. The molecule has 0 aliphatic carbocycles. The van der Waals surface area contributed by atoms with E-state index in [-0.39, 0.29) is 9.33 Å². The molecule has 0 saturated heterocycles. The van der Waals surface area contributed by atoms with Crippen molar-refractivity contribution in [1.82, 2.24) is 5.32 Å². The Balaban J connectivity index is 3.18. The van der Waals surface area contributed by atoms with Gasteiger partial charge >= 0.3 is 0 Å². The van der Waals surface area contributed by atoms with Crippen LogP contribution >= 0.6 is 22.6 Å². The SMILES string of the molecule is CC(C)(I)CNC(=O)CCOCCOCCOCCOCCN=[N+]=[N-]. The van der Waals surface area contributed by atoms with Gasteiger partial charge in [0.15, 0.2) is 0 Å². The summed E-state index contributed by atoms with van der Waals surface area (Å²) >= 11 is 2.30. The average Bonchev–Trinajstić information content (AvgIpc) is 2.56. The van der Waals surface area contributed by atoms with Gasteiger partial charge in [0.05, 0.1) is 52.9 Å². The van der Waals surface area contributed by atoms with Crippen molar-refractivity contribution in [3.8, 4) is 0 Å². The molecule has 0 heterocycles. The van der Waals surface area contributed by atoms with Crippen LogP contribution in [0.15, 0.2) is 5.11 Å². The molecule has 0 rings (SSSR count). The van der Waals surface area contributed by atoms with Crippen molar-refractivity contribution in [1.29, 1.82) is 0 Å². The smallest absolute Gasteiger partial charge is 0.222 e. The number of carbonyl (C=O) groups is 1. The molecule has 0 aliphatic heterocycles. The molecule has 0 atom stereocenters. The Bertz CT molecular complexity index is 387. The number of azide groups is 1. The van der Waals surface area contributed by atoms with Gasteiger partial charge in [-0.05, 0) is 19.4 Å². The third-order valence-corrected chi connectivity index (χ3v) is 3.08. The van der Waals surface area contributed by atoms with Crippen molar-refractivity contribution in [2.75, 3.05) is 65.9 Å². The van der Waals surface area contributed by atoms with E-state index in [2.05, 4.69) is 51.8 Å². The van der Waals surface area contributed by atoms with Crippen LogP contribution in [-0.4, -0.2) is 75.3 Å². The van der Waals surface area contributed by atoms with Crippen molar-refractivity contribution in [3.63, 3.8) is 0 Å². The van der Waals surface area contributed by atoms with Gasteiger partial charge in [-0.15, -0.1) is 0 Å². The molecule has 10 heteroatoms. The molecular formula is C15H29IN4O5. The Kier molecular flexibility index (Phi) is 16.4. The Hall–Kier alpha value is -0.650. The molecule has 0 aliphatic rings. The summed E-state index contributed by atoms with van der Waals surface area (Å²) in [5.74, 6) is 0.000653. The maximum atomic E-state index is 11.6. The summed E-state index contributed by atoms with van der Waals surface area (Å²) in [5, 5.41) is 6.22. The largest absolute Gasteiger partial charge is 0.379 e. The van der Waals surface area contributed by atoms with Gasteiger partial charge in [-0.3, -0.25) is 4.79 Å². The van der Waals surface area contributed by atoms with Gasteiger partial charge in [0.1, 0.15) is 0 Å². The van der Waals surface area contributed by atoms with E-state index in [1.807, 2.05) is 0 Å². The van der Waals surface area contributed by atoms with Crippen LogP contribution in [0.3, 0.4) is 0 Å². The molecule has 1 N–H and O–H groups in total. The molecule has 0 saturated carbocycles. The van der Waals surface area contributed by atoms with Gasteiger partial charge in [0.2, 0.25) is 5.91 Å². The van der Waals surface area contributed by atoms with Gasteiger partial charge in [0.25, 0.3) is 0 Å². The molecular weight excluding hydrogens is 443 g/mol. The topological polar surface area (TPSA) is 115 Å². The lowest BCUT2D eigenvalue weighted by Gasteiger charge is -2.16. The van der Waals surface area contributed by atoms with E-state index in [4.69, 9.17) is 24.5 Å². The summed E-state index contributed by atoms with van der Waals surface area (Å²) in [6, 6.07) is 0. The number of hydrogen-bond acceptors (Lipinski definition) is 6. The van der Waals surface area contributed by atoms with E-state index in [1.165, 1.54) is 0 Å². The number of alkyl halides is 1. The number of hydrogen-bond donors (Lipinski definition) is 1. The van der Waals surface area contributed by atoms with Crippen LogP contribution in [0.4, 0.5) is 0 Å². The number of amides is 1. The first kappa shape index (κ1) is 24.4. The third-order valence-electron chi connectivity index (χ3n) is 2.69. The van der Waals surface area contributed by atoms with Crippen molar-refractivity contribution < 1.29 is 23.7 Å². The van der Waals surface area contributed by atoms with E-state index >= 15 is 0 Å². The first-order valence-electron chi connectivity index (χ1n) is 8.23. The fourth-order valence-electron chi connectivity index (χ4n) is 1.47. The molecule has 9 nitrogen and oxygen atoms in total. The first-order chi connectivity index (χ1) is 12.0. The Labute approximate surface area is 162 Å². The lowest BCUT2D eigenvalue weighted by Crippen LogP contribution is -2.34. The standard InChI is InChI=1S/C15H29IN4O5/c1-15(2,16)13-18-14(21)3-5-22-7-9-24-11-12-25-10-8-23-6-4-19-20-17/h3-13H2,1-2H3,(H,18,21). The van der Waals surface area contributed by atoms with Crippen molar-refractivity contribution in [2.24, 2.45) is 5.11 Å². The van der Waals surface area contributed by atoms with Crippen LogP contribution in [0.2, 0.25) is 0 Å². The number of nitrogens with zero attached hydrogens (tertiary/aromatic N) is 3. The predicted molar refractivity (Wildman–Crippen MR) is 103 cm³/mol.